The number of ether oxygens (including phenoxy) is 2. The normalized spacial score (nSPS) is 12.8. The molecule has 1 heterocycles. The Hall–Kier alpha value is -1.57. The molecule has 0 radical (unpaired) electrons. The van der Waals surface area contributed by atoms with Crippen molar-refractivity contribution in [3.63, 3.8) is 0 Å². The van der Waals surface area contributed by atoms with Gasteiger partial charge in [-0.1, -0.05) is 26.0 Å². The van der Waals surface area contributed by atoms with Crippen molar-refractivity contribution in [2.45, 2.75) is 43.9 Å². The van der Waals surface area contributed by atoms with Crippen molar-refractivity contribution >= 4 is 21.4 Å². The summed E-state index contributed by atoms with van der Waals surface area (Å²) in [6.07, 6.45) is 1.80. The van der Waals surface area contributed by atoms with Gasteiger partial charge < -0.3 is 9.47 Å². The number of benzene rings is 1. The number of hydrogen-bond acceptors (Lipinski definition) is 5. The molecular weight excluding hydrogens is 358 g/mol. The molecule has 0 saturated heterocycles. The molecule has 0 fully saturated rings. The van der Waals surface area contributed by atoms with Gasteiger partial charge in [0, 0.05) is 6.04 Å². The van der Waals surface area contributed by atoms with E-state index in [1.54, 1.807) is 17.5 Å². The highest BCUT2D eigenvalue weighted by Gasteiger charge is 2.20. The van der Waals surface area contributed by atoms with E-state index in [-0.39, 0.29) is 6.04 Å². The van der Waals surface area contributed by atoms with E-state index in [0.29, 0.717) is 28.9 Å². The van der Waals surface area contributed by atoms with Crippen LogP contribution >= 0.6 is 11.3 Å². The number of rotatable bonds is 10. The maximum atomic E-state index is 12.4. The fraction of sp³-hybridized carbons (Fsp3) is 0.444. The van der Waals surface area contributed by atoms with Crippen molar-refractivity contribution in [2.75, 3.05) is 13.2 Å². The van der Waals surface area contributed by atoms with E-state index >= 15 is 0 Å². The number of hydrogen-bond donors (Lipinski definition) is 1. The molecule has 0 aliphatic heterocycles. The Kier molecular flexibility index (Phi) is 7.28. The van der Waals surface area contributed by atoms with E-state index in [2.05, 4.69) is 4.72 Å². The van der Waals surface area contributed by atoms with Crippen LogP contribution in [0, 0.1) is 0 Å². The quantitative estimate of drug-likeness (QED) is 0.662. The first-order valence-electron chi connectivity index (χ1n) is 8.43. The van der Waals surface area contributed by atoms with Crippen LogP contribution in [-0.4, -0.2) is 21.6 Å². The van der Waals surface area contributed by atoms with Crippen LogP contribution in [0.3, 0.4) is 0 Å². The first kappa shape index (κ1) is 19.8. The molecule has 2 rings (SSSR count). The molecule has 0 aliphatic carbocycles. The lowest BCUT2D eigenvalue weighted by molar-refractivity contribution is 0.268. The van der Waals surface area contributed by atoms with E-state index in [1.165, 1.54) is 11.3 Å². The monoisotopic (exact) mass is 383 g/mol. The maximum Gasteiger partial charge on any atom is 0.250 e. The average Bonchev–Trinajstić information content (AvgIpc) is 3.13. The SMILES string of the molecule is CCCOc1ccc([C@H](C)NS(=O)(=O)c2cccs2)cc1OCCC. The van der Waals surface area contributed by atoms with Crippen molar-refractivity contribution < 1.29 is 17.9 Å². The predicted octanol–water partition coefficient (Wildman–Crippen LogP) is 4.37. The van der Waals surface area contributed by atoms with Crippen LogP contribution in [0.2, 0.25) is 0 Å². The fourth-order valence-corrected chi connectivity index (χ4v) is 4.47. The minimum Gasteiger partial charge on any atom is -0.490 e. The number of sulfonamides is 1. The highest BCUT2D eigenvalue weighted by atomic mass is 32.2. The smallest absolute Gasteiger partial charge is 0.250 e. The summed E-state index contributed by atoms with van der Waals surface area (Å²) in [5.74, 6) is 1.34. The lowest BCUT2D eigenvalue weighted by Gasteiger charge is -2.17. The van der Waals surface area contributed by atoms with Crippen molar-refractivity contribution in [1.82, 2.24) is 4.72 Å². The second-order valence-electron chi connectivity index (χ2n) is 5.68. The minimum absolute atomic E-state index is 0.310. The van der Waals surface area contributed by atoms with E-state index in [0.717, 1.165) is 18.4 Å². The Bertz CT molecular complexity index is 757. The number of thiophene rings is 1. The Balaban J connectivity index is 2.19. The van der Waals surface area contributed by atoms with Crippen LogP contribution in [0.1, 0.15) is 45.2 Å². The summed E-state index contributed by atoms with van der Waals surface area (Å²) in [5, 5.41) is 1.75. The summed E-state index contributed by atoms with van der Waals surface area (Å²) in [4.78, 5) is 0. The molecule has 5 nitrogen and oxygen atoms in total. The summed E-state index contributed by atoms with van der Waals surface area (Å²) in [5.41, 5.74) is 0.829. The van der Waals surface area contributed by atoms with Gasteiger partial charge in [0.1, 0.15) is 4.21 Å². The Morgan fingerprint density at radius 3 is 2.36 bits per heavy atom. The molecule has 0 bridgehead atoms. The molecule has 138 valence electrons. The zero-order chi connectivity index (χ0) is 18.3. The van der Waals surface area contributed by atoms with E-state index < -0.39 is 10.0 Å². The number of nitrogens with one attached hydrogen (secondary N) is 1. The first-order chi connectivity index (χ1) is 12.0. The largest absolute Gasteiger partial charge is 0.490 e. The Morgan fingerprint density at radius 2 is 1.76 bits per heavy atom. The van der Waals surface area contributed by atoms with Gasteiger partial charge >= 0.3 is 0 Å². The third-order valence-electron chi connectivity index (χ3n) is 3.48. The molecular formula is C18H25NO4S2. The Labute approximate surface area is 154 Å². The van der Waals surface area contributed by atoms with Gasteiger partial charge in [0.2, 0.25) is 0 Å². The van der Waals surface area contributed by atoms with Crippen LogP contribution in [0.4, 0.5) is 0 Å². The maximum absolute atomic E-state index is 12.4. The molecule has 1 aromatic carbocycles. The van der Waals surface area contributed by atoms with Crippen LogP contribution in [-0.2, 0) is 10.0 Å². The van der Waals surface area contributed by atoms with E-state index in [1.807, 2.05) is 39.0 Å². The molecule has 0 saturated carbocycles. The van der Waals surface area contributed by atoms with Gasteiger partial charge in [0.05, 0.1) is 13.2 Å². The van der Waals surface area contributed by atoms with Gasteiger partial charge in [-0.05, 0) is 48.9 Å². The second-order valence-corrected chi connectivity index (χ2v) is 8.57. The molecule has 1 atom stereocenters. The molecule has 2 aromatic rings. The molecule has 7 heteroatoms. The standard InChI is InChI=1S/C18H25NO4S2/c1-4-10-22-16-9-8-15(13-17(16)23-11-5-2)14(3)19-25(20,21)18-7-6-12-24-18/h6-9,12-14,19H,4-5,10-11H2,1-3H3/t14-/m0/s1. The van der Waals surface area contributed by atoms with Gasteiger partial charge in [0.15, 0.2) is 11.5 Å². The molecule has 0 aliphatic rings. The lowest BCUT2D eigenvalue weighted by Crippen LogP contribution is -2.26. The topological polar surface area (TPSA) is 64.6 Å². The minimum atomic E-state index is -3.52. The molecule has 0 spiro atoms. The molecule has 0 unspecified atom stereocenters. The average molecular weight is 384 g/mol. The van der Waals surface area contributed by atoms with Gasteiger partial charge in [-0.3, -0.25) is 0 Å². The highest BCUT2D eigenvalue weighted by Crippen LogP contribution is 2.31. The van der Waals surface area contributed by atoms with Gasteiger partial charge in [-0.2, -0.15) is 0 Å². The van der Waals surface area contributed by atoms with Gasteiger partial charge in [0.25, 0.3) is 10.0 Å². The van der Waals surface area contributed by atoms with E-state index in [9.17, 15) is 8.42 Å². The van der Waals surface area contributed by atoms with Crippen molar-refractivity contribution in [3.8, 4) is 11.5 Å². The fourth-order valence-electron chi connectivity index (χ4n) is 2.23. The third kappa shape index (κ3) is 5.45. The van der Waals surface area contributed by atoms with Crippen LogP contribution in [0.25, 0.3) is 0 Å². The molecule has 0 amide bonds. The summed E-state index contributed by atoms with van der Waals surface area (Å²) in [7, 11) is -3.52. The zero-order valence-electron chi connectivity index (χ0n) is 14.8. The first-order valence-corrected chi connectivity index (χ1v) is 10.8. The predicted molar refractivity (Wildman–Crippen MR) is 101 cm³/mol. The highest BCUT2D eigenvalue weighted by molar-refractivity contribution is 7.91. The third-order valence-corrected chi connectivity index (χ3v) is 6.42. The molecule has 1 N–H and O–H groups in total. The van der Waals surface area contributed by atoms with Crippen LogP contribution in [0.15, 0.2) is 39.9 Å². The summed E-state index contributed by atoms with van der Waals surface area (Å²) >= 11 is 1.20. The zero-order valence-corrected chi connectivity index (χ0v) is 16.5. The molecule has 25 heavy (non-hydrogen) atoms. The lowest BCUT2D eigenvalue weighted by atomic mass is 10.1. The van der Waals surface area contributed by atoms with Crippen molar-refractivity contribution in [1.29, 1.82) is 0 Å². The van der Waals surface area contributed by atoms with Crippen molar-refractivity contribution in [2.24, 2.45) is 0 Å². The summed E-state index contributed by atoms with van der Waals surface area (Å²) < 4.78 is 39.3. The summed E-state index contributed by atoms with van der Waals surface area (Å²) in [6.45, 7) is 7.09. The molecule has 1 aromatic heterocycles. The van der Waals surface area contributed by atoms with Crippen LogP contribution in [0.5, 0.6) is 11.5 Å². The van der Waals surface area contributed by atoms with Crippen molar-refractivity contribution in [3.05, 3.63) is 41.3 Å². The Morgan fingerprint density at radius 1 is 1.08 bits per heavy atom. The van der Waals surface area contributed by atoms with Gasteiger partial charge in [-0.15, -0.1) is 11.3 Å². The van der Waals surface area contributed by atoms with Gasteiger partial charge in [-0.25, -0.2) is 13.1 Å². The van der Waals surface area contributed by atoms with Crippen LogP contribution < -0.4 is 14.2 Å². The van der Waals surface area contributed by atoms with E-state index in [4.69, 9.17) is 9.47 Å². The second kappa shape index (κ2) is 9.22. The summed E-state index contributed by atoms with van der Waals surface area (Å²) in [6, 6.07) is 8.49.